The second-order valence-corrected chi connectivity index (χ2v) is 14.1. The number of rotatable bonds is 6. The van der Waals surface area contributed by atoms with Crippen LogP contribution in [-0.2, 0) is 16.2 Å². The molecule has 0 amide bonds. The molecule has 244 valence electrons. The Hall–Kier alpha value is -6.04. The Morgan fingerprint density at radius 3 is 1.41 bits per heavy atom. The van der Waals surface area contributed by atoms with Crippen LogP contribution >= 0.6 is 0 Å². The molecule has 4 aromatic carbocycles. The van der Waals surface area contributed by atoms with Crippen molar-refractivity contribution in [3.8, 4) is 23.3 Å². The number of ether oxygens (including phenoxy) is 2. The van der Waals surface area contributed by atoms with Crippen LogP contribution in [0.2, 0.25) is 0 Å². The molecule has 12 heteroatoms. The van der Waals surface area contributed by atoms with Gasteiger partial charge in [-0.3, -0.25) is 20.2 Å². The second-order valence-electron chi connectivity index (χ2n) is 14.1. The van der Waals surface area contributed by atoms with Crippen molar-refractivity contribution < 1.29 is 19.3 Å². The summed E-state index contributed by atoms with van der Waals surface area (Å²) in [5.74, 6) is 1.66. The monoisotopic (exact) mass is 654 g/mol. The number of aromatic nitrogens is 4. The van der Waals surface area contributed by atoms with Gasteiger partial charge in [-0.05, 0) is 82.3 Å². The van der Waals surface area contributed by atoms with Gasteiger partial charge in [-0.25, -0.2) is 19.9 Å². The Balaban J connectivity index is 1.17. The van der Waals surface area contributed by atoms with E-state index in [1.165, 1.54) is 58.9 Å². The molecular formula is C37H30N6O6. The van der Waals surface area contributed by atoms with Crippen LogP contribution in [0.25, 0.3) is 22.1 Å². The highest BCUT2D eigenvalue weighted by atomic mass is 16.6. The fourth-order valence-corrected chi connectivity index (χ4v) is 7.97. The van der Waals surface area contributed by atoms with E-state index in [1.54, 1.807) is 12.1 Å². The van der Waals surface area contributed by atoms with Gasteiger partial charge < -0.3 is 9.47 Å². The lowest BCUT2D eigenvalue weighted by atomic mass is 9.72. The van der Waals surface area contributed by atoms with Crippen LogP contribution in [0.5, 0.6) is 23.3 Å². The minimum atomic E-state index is -0.461. The normalized spacial score (nSPS) is 16.4. The maximum atomic E-state index is 11.3. The van der Waals surface area contributed by atoms with Gasteiger partial charge in [0.05, 0.1) is 44.3 Å². The molecule has 12 nitrogen and oxygen atoms in total. The first-order chi connectivity index (χ1) is 23.3. The van der Waals surface area contributed by atoms with Gasteiger partial charge in [-0.15, -0.1) is 0 Å². The van der Waals surface area contributed by atoms with Gasteiger partial charge in [-0.2, -0.15) is 0 Å². The van der Waals surface area contributed by atoms with Gasteiger partial charge in [0.25, 0.3) is 11.4 Å². The van der Waals surface area contributed by atoms with E-state index in [0.717, 1.165) is 12.8 Å². The zero-order valence-corrected chi connectivity index (χ0v) is 27.1. The molecule has 2 aliphatic carbocycles. The minimum Gasteiger partial charge on any atom is -0.437 e. The van der Waals surface area contributed by atoms with Crippen molar-refractivity contribution in [3.63, 3.8) is 0 Å². The Morgan fingerprint density at radius 2 is 1.00 bits per heavy atom. The van der Waals surface area contributed by atoms with Crippen molar-refractivity contribution in [1.82, 2.24) is 19.9 Å². The van der Waals surface area contributed by atoms with Crippen molar-refractivity contribution in [3.05, 3.63) is 128 Å². The molecule has 0 bridgehead atoms. The number of hydrogen-bond donors (Lipinski definition) is 0. The first-order valence-corrected chi connectivity index (χ1v) is 15.8. The molecule has 0 saturated heterocycles. The Bertz CT molecular complexity index is 2220. The summed E-state index contributed by atoms with van der Waals surface area (Å²) in [6, 6.07) is 21.0. The van der Waals surface area contributed by atoms with Crippen LogP contribution < -0.4 is 9.47 Å². The number of nitro groups is 2. The molecule has 0 unspecified atom stereocenters. The van der Waals surface area contributed by atoms with E-state index in [0.29, 0.717) is 33.6 Å². The van der Waals surface area contributed by atoms with Crippen LogP contribution in [0.4, 0.5) is 11.4 Å². The summed E-state index contributed by atoms with van der Waals surface area (Å²) in [5.41, 5.74) is 5.87. The third-order valence-corrected chi connectivity index (χ3v) is 9.83. The van der Waals surface area contributed by atoms with E-state index < -0.39 is 9.85 Å². The molecule has 8 rings (SSSR count). The van der Waals surface area contributed by atoms with Gasteiger partial charge in [-0.1, -0.05) is 39.8 Å². The fourth-order valence-electron chi connectivity index (χ4n) is 7.97. The summed E-state index contributed by atoms with van der Waals surface area (Å²) in [6.45, 7) is 9.05. The molecule has 1 spiro atoms. The smallest absolute Gasteiger partial charge is 0.271 e. The minimum absolute atomic E-state index is 0.0665. The molecule has 0 saturated carbocycles. The molecular weight excluding hydrogens is 624 g/mol. The van der Waals surface area contributed by atoms with Gasteiger partial charge in [0.15, 0.2) is 0 Å². The average Bonchev–Trinajstić information content (AvgIpc) is 3.42. The summed E-state index contributed by atoms with van der Waals surface area (Å²) in [4.78, 5) is 39.6. The van der Waals surface area contributed by atoms with Crippen molar-refractivity contribution >= 4 is 33.4 Å². The van der Waals surface area contributed by atoms with E-state index >= 15 is 0 Å². The van der Waals surface area contributed by atoms with Gasteiger partial charge in [0, 0.05) is 29.7 Å². The van der Waals surface area contributed by atoms with Crippen molar-refractivity contribution in [2.24, 2.45) is 0 Å². The van der Waals surface area contributed by atoms with Gasteiger partial charge in [0.2, 0.25) is 11.8 Å². The van der Waals surface area contributed by atoms with E-state index in [2.05, 4.69) is 71.9 Å². The van der Waals surface area contributed by atoms with Crippen LogP contribution in [0, 0.1) is 20.2 Å². The van der Waals surface area contributed by atoms with Crippen LogP contribution in [0.3, 0.4) is 0 Å². The molecule has 2 aliphatic rings. The van der Waals surface area contributed by atoms with E-state index in [1.807, 2.05) is 12.1 Å². The molecule has 2 heterocycles. The van der Waals surface area contributed by atoms with Gasteiger partial charge >= 0.3 is 0 Å². The van der Waals surface area contributed by atoms with Crippen molar-refractivity contribution in [1.29, 1.82) is 0 Å². The standard InChI is InChI=1S/C37H30N6O6/c1-35(2)19-37(27-15-23(7-9-25(27)35)48-33-17-38-29-11-5-21(42(44)45)13-31(29)40-33)20-36(3,4)26-10-8-24(16-28(26)37)49-34-18-39-30-12-6-22(43(46)47)14-32(30)41-34/h5-18H,19-20H2,1-4H3. The molecule has 0 fully saturated rings. The summed E-state index contributed by atoms with van der Waals surface area (Å²) < 4.78 is 12.5. The molecule has 0 N–H and O–H groups in total. The van der Waals surface area contributed by atoms with Crippen molar-refractivity contribution in [2.75, 3.05) is 0 Å². The first kappa shape index (κ1) is 30.3. The SMILES string of the molecule is CC1(C)CC2(CC(C)(C)c3ccc(Oc4cnc5ccc([N+](=O)[O-])cc5n4)cc32)c2cc(Oc3cnc4ccc([N+](=O)[O-])cc4n3)ccc21. The summed E-state index contributed by atoms with van der Waals surface area (Å²) in [7, 11) is 0. The molecule has 0 aliphatic heterocycles. The topological polar surface area (TPSA) is 156 Å². The third kappa shape index (κ3) is 4.98. The molecule has 0 radical (unpaired) electrons. The third-order valence-electron chi connectivity index (χ3n) is 9.83. The van der Waals surface area contributed by atoms with Crippen LogP contribution in [0.1, 0.15) is 62.8 Å². The van der Waals surface area contributed by atoms with Crippen LogP contribution in [-0.4, -0.2) is 29.8 Å². The fraction of sp³-hybridized carbons (Fsp3) is 0.243. The predicted octanol–water partition coefficient (Wildman–Crippen LogP) is 8.62. The number of benzene rings is 4. The lowest BCUT2D eigenvalue weighted by Gasteiger charge is -2.30. The molecule has 2 aromatic heterocycles. The summed E-state index contributed by atoms with van der Waals surface area (Å²) in [6.07, 6.45) is 4.79. The quantitative estimate of drug-likeness (QED) is 0.126. The second kappa shape index (κ2) is 10.5. The zero-order valence-electron chi connectivity index (χ0n) is 27.1. The molecule has 0 atom stereocenters. The summed E-state index contributed by atoms with van der Waals surface area (Å²) in [5, 5.41) is 22.6. The average molecular weight is 655 g/mol. The Morgan fingerprint density at radius 1 is 0.571 bits per heavy atom. The Labute approximate surface area is 280 Å². The lowest BCUT2D eigenvalue weighted by molar-refractivity contribution is -0.384. The largest absolute Gasteiger partial charge is 0.437 e. The highest BCUT2D eigenvalue weighted by Gasteiger charge is 2.56. The Kier molecular flexibility index (Phi) is 6.48. The maximum Gasteiger partial charge on any atom is 0.271 e. The number of non-ortho nitro benzene ring substituents is 2. The highest BCUT2D eigenvalue weighted by molar-refractivity contribution is 5.78. The molecule has 6 aromatic rings. The van der Waals surface area contributed by atoms with Crippen LogP contribution in [0.15, 0.2) is 85.2 Å². The molecule has 49 heavy (non-hydrogen) atoms. The number of hydrogen-bond acceptors (Lipinski definition) is 10. The maximum absolute atomic E-state index is 11.3. The zero-order chi connectivity index (χ0) is 34.3. The summed E-state index contributed by atoms with van der Waals surface area (Å²) >= 11 is 0. The van der Waals surface area contributed by atoms with E-state index in [4.69, 9.17) is 9.47 Å². The van der Waals surface area contributed by atoms with E-state index in [9.17, 15) is 20.2 Å². The first-order valence-electron chi connectivity index (χ1n) is 15.8. The van der Waals surface area contributed by atoms with Crippen molar-refractivity contribution in [2.45, 2.75) is 56.8 Å². The lowest BCUT2D eigenvalue weighted by Crippen LogP contribution is -2.27. The number of nitro benzene ring substituents is 2. The predicted molar refractivity (Wildman–Crippen MR) is 181 cm³/mol. The van der Waals surface area contributed by atoms with Gasteiger partial charge in [0.1, 0.15) is 11.5 Å². The van der Waals surface area contributed by atoms with E-state index in [-0.39, 0.29) is 39.4 Å². The number of fused-ring (bicyclic) bond motifs is 6. The highest BCUT2D eigenvalue weighted by Crippen LogP contribution is 2.63. The number of nitrogens with zero attached hydrogens (tertiary/aromatic N) is 6.